The molecule has 31 heavy (non-hydrogen) atoms. The fraction of sp³-hybridized carbons (Fsp3) is 0.364. The Bertz CT molecular complexity index is 934. The van der Waals surface area contributed by atoms with Gasteiger partial charge in [0.15, 0.2) is 0 Å². The van der Waals surface area contributed by atoms with Crippen molar-refractivity contribution < 1.29 is 27.5 Å². The van der Waals surface area contributed by atoms with Crippen LogP contribution in [0.3, 0.4) is 0 Å². The van der Waals surface area contributed by atoms with E-state index in [9.17, 15) is 22.8 Å². The van der Waals surface area contributed by atoms with Crippen LogP contribution in [0.2, 0.25) is 0 Å². The van der Waals surface area contributed by atoms with Crippen LogP contribution in [-0.2, 0) is 15.7 Å². The van der Waals surface area contributed by atoms with E-state index < -0.39 is 17.8 Å². The molecule has 2 aromatic carbocycles. The van der Waals surface area contributed by atoms with Gasteiger partial charge in [-0.1, -0.05) is 42.8 Å². The van der Waals surface area contributed by atoms with Crippen LogP contribution >= 0.6 is 11.8 Å². The minimum Gasteiger partial charge on any atom is -0.447 e. The number of carbonyl (C=O) groups is 2. The maximum Gasteiger partial charge on any atom is 0.416 e. The molecule has 0 saturated carbocycles. The molecule has 2 aromatic rings. The van der Waals surface area contributed by atoms with Crippen molar-refractivity contribution in [1.82, 2.24) is 4.90 Å². The van der Waals surface area contributed by atoms with Gasteiger partial charge < -0.3 is 9.64 Å². The van der Waals surface area contributed by atoms with Crippen molar-refractivity contribution in [3.8, 4) is 0 Å². The van der Waals surface area contributed by atoms with Gasteiger partial charge in [0.25, 0.3) is 0 Å². The SMILES string of the molecule is CCC(COC(=O)Nc1cccc(C(F)(F)F)c1)N1C(=O)CSC1c1ccc(C)cc1. The highest BCUT2D eigenvalue weighted by Crippen LogP contribution is 2.40. The second kappa shape index (κ2) is 9.64. The van der Waals surface area contributed by atoms with E-state index in [2.05, 4.69) is 5.32 Å². The van der Waals surface area contributed by atoms with E-state index in [1.165, 1.54) is 23.9 Å². The normalized spacial score (nSPS) is 17.5. The summed E-state index contributed by atoms with van der Waals surface area (Å²) in [7, 11) is 0. The molecule has 1 aliphatic rings. The molecule has 3 rings (SSSR count). The number of carbonyl (C=O) groups excluding carboxylic acids is 2. The summed E-state index contributed by atoms with van der Waals surface area (Å²) in [6.45, 7) is 3.82. The lowest BCUT2D eigenvalue weighted by atomic mass is 10.1. The van der Waals surface area contributed by atoms with Crippen LogP contribution in [0.4, 0.5) is 23.7 Å². The Morgan fingerprint density at radius 1 is 1.26 bits per heavy atom. The lowest BCUT2D eigenvalue weighted by Gasteiger charge is -2.32. The van der Waals surface area contributed by atoms with E-state index in [1.54, 1.807) is 4.90 Å². The smallest absolute Gasteiger partial charge is 0.416 e. The minimum absolute atomic E-state index is 0.0155. The number of thioether (sulfide) groups is 1. The van der Waals surface area contributed by atoms with E-state index in [4.69, 9.17) is 4.74 Å². The van der Waals surface area contributed by atoms with Crippen molar-refractivity contribution in [2.24, 2.45) is 0 Å². The van der Waals surface area contributed by atoms with Gasteiger partial charge in [0.05, 0.1) is 17.4 Å². The number of ether oxygens (including phenoxy) is 1. The summed E-state index contributed by atoms with van der Waals surface area (Å²) in [5.74, 6) is 0.301. The lowest BCUT2D eigenvalue weighted by molar-refractivity contribution is -0.137. The first kappa shape index (κ1) is 23.0. The van der Waals surface area contributed by atoms with Crippen LogP contribution in [0, 0.1) is 6.92 Å². The molecular formula is C22H23F3N2O3S. The highest BCUT2D eigenvalue weighted by molar-refractivity contribution is 8.00. The summed E-state index contributed by atoms with van der Waals surface area (Å²) in [5, 5.41) is 2.14. The number of benzene rings is 2. The number of hydrogen-bond acceptors (Lipinski definition) is 4. The molecule has 1 aliphatic heterocycles. The Kier molecular flexibility index (Phi) is 7.15. The first-order valence-corrected chi connectivity index (χ1v) is 10.8. The van der Waals surface area contributed by atoms with Crippen LogP contribution in [0.1, 0.15) is 35.4 Å². The van der Waals surface area contributed by atoms with Crippen LogP contribution in [0.15, 0.2) is 48.5 Å². The molecule has 0 radical (unpaired) electrons. The van der Waals surface area contributed by atoms with Gasteiger partial charge in [0.2, 0.25) is 5.91 Å². The predicted octanol–water partition coefficient (Wildman–Crippen LogP) is 5.62. The highest BCUT2D eigenvalue weighted by Gasteiger charge is 2.37. The molecule has 2 atom stereocenters. The second-order valence-corrected chi connectivity index (χ2v) is 8.31. The monoisotopic (exact) mass is 452 g/mol. The molecule has 1 heterocycles. The minimum atomic E-state index is -4.51. The van der Waals surface area contributed by atoms with E-state index >= 15 is 0 Å². The molecule has 0 aromatic heterocycles. The summed E-state index contributed by atoms with van der Waals surface area (Å²) in [4.78, 5) is 26.4. The van der Waals surface area contributed by atoms with Gasteiger partial charge in [-0.25, -0.2) is 4.79 Å². The molecule has 1 N–H and O–H groups in total. The first-order chi connectivity index (χ1) is 14.7. The van der Waals surface area contributed by atoms with E-state index in [-0.39, 0.29) is 29.6 Å². The van der Waals surface area contributed by atoms with Crippen molar-refractivity contribution in [3.05, 3.63) is 65.2 Å². The van der Waals surface area contributed by atoms with Crippen molar-refractivity contribution in [3.63, 3.8) is 0 Å². The van der Waals surface area contributed by atoms with E-state index in [0.29, 0.717) is 12.2 Å². The molecular weight excluding hydrogens is 429 g/mol. The summed E-state index contributed by atoms with van der Waals surface area (Å²) in [6, 6.07) is 11.9. The van der Waals surface area contributed by atoms with Crippen molar-refractivity contribution >= 4 is 29.4 Å². The number of halogens is 3. The number of nitrogens with one attached hydrogen (secondary N) is 1. The largest absolute Gasteiger partial charge is 0.447 e. The molecule has 2 unspecified atom stereocenters. The zero-order valence-electron chi connectivity index (χ0n) is 17.1. The second-order valence-electron chi connectivity index (χ2n) is 7.24. The van der Waals surface area contributed by atoms with Gasteiger partial charge in [0, 0.05) is 5.69 Å². The van der Waals surface area contributed by atoms with Crippen molar-refractivity contribution in [1.29, 1.82) is 0 Å². The zero-order valence-corrected chi connectivity index (χ0v) is 17.9. The highest BCUT2D eigenvalue weighted by atomic mass is 32.2. The van der Waals surface area contributed by atoms with Crippen LogP contribution in [0.5, 0.6) is 0 Å². The predicted molar refractivity (Wildman–Crippen MR) is 114 cm³/mol. The third kappa shape index (κ3) is 5.72. The van der Waals surface area contributed by atoms with Crippen LogP contribution in [-0.4, -0.2) is 35.3 Å². The number of anilines is 1. The van der Waals surface area contributed by atoms with E-state index in [1.807, 2.05) is 38.1 Å². The van der Waals surface area contributed by atoms with Crippen molar-refractivity contribution in [2.75, 3.05) is 17.7 Å². The maximum atomic E-state index is 12.8. The number of nitrogens with zero attached hydrogens (tertiary/aromatic N) is 1. The lowest BCUT2D eigenvalue weighted by Crippen LogP contribution is -2.41. The van der Waals surface area contributed by atoms with Gasteiger partial charge in [-0.15, -0.1) is 11.8 Å². The van der Waals surface area contributed by atoms with E-state index in [0.717, 1.165) is 23.3 Å². The Hall–Kier alpha value is -2.68. The summed E-state index contributed by atoms with van der Waals surface area (Å²) < 4.78 is 43.7. The van der Waals surface area contributed by atoms with Gasteiger partial charge in [-0.2, -0.15) is 13.2 Å². The average Bonchev–Trinajstić information content (AvgIpc) is 3.10. The summed E-state index contributed by atoms with van der Waals surface area (Å²) >= 11 is 1.52. The Labute approximate surface area is 182 Å². The molecule has 0 aliphatic carbocycles. The molecule has 166 valence electrons. The molecule has 1 fully saturated rings. The third-order valence-corrected chi connectivity index (χ3v) is 6.20. The molecule has 9 heteroatoms. The Morgan fingerprint density at radius 3 is 2.61 bits per heavy atom. The Morgan fingerprint density at radius 2 is 1.97 bits per heavy atom. The summed E-state index contributed by atoms with van der Waals surface area (Å²) in [5.41, 5.74) is 1.23. The number of alkyl halides is 3. The third-order valence-electron chi connectivity index (χ3n) is 4.98. The fourth-order valence-corrected chi connectivity index (χ4v) is 4.56. The molecule has 5 nitrogen and oxygen atoms in total. The number of rotatable bonds is 6. The first-order valence-electron chi connectivity index (χ1n) is 9.79. The number of aryl methyl sites for hydroxylation is 1. The molecule has 1 saturated heterocycles. The maximum absolute atomic E-state index is 12.8. The fourth-order valence-electron chi connectivity index (χ4n) is 3.31. The van der Waals surface area contributed by atoms with Gasteiger partial charge in [-0.3, -0.25) is 10.1 Å². The number of amides is 2. The van der Waals surface area contributed by atoms with Gasteiger partial charge in [0.1, 0.15) is 12.0 Å². The summed E-state index contributed by atoms with van der Waals surface area (Å²) in [6.07, 6.45) is -4.82. The average molecular weight is 452 g/mol. The number of hydrogen-bond donors (Lipinski definition) is 1. The van der Waals surface area contributed by atoms with Crippen LogP contribution < -0.4 is 5.32 Å². The van der Waals surface area contributed by atoms with Gasteiger partial charge >= 0.3 is 12.3 Å². The quantitative estimate of drug-likeness (QED) is 0.619. The Balaban J connectivity index is 1.64. The van der Waals surface area contributed by atoms with Crippen molar-refractivity contribution in [2.45, 2.75) is 37.9 Å². The molecule has 0 bridgehead atoms. The topological polar surface area (TPSA) is 58.6 Å². The van der Waals surface area contributed by atoms with Crippen LogP contribution in [0.25, 0.3) is 0 Å². The standard InChI is InChI=1S/C22H23F3N2O3S/c1-3-18(27-19(28)13-31-20(27)15-9-7-14(2)8-10-15)12-30-21(29)26-17-6-4-5-16(11-17)22(23,24)25/h4-11,18,20H,3,12-13H2,1-2H3,(H,26,29). The molecule has 0 spiro atoms. The van der Waals surface area contributed by atoms with Gasteiger partial charge in [-0.05, 0) is 37.1 Å². The zero-order chi connectivity index (χ0) is 22.6. The molecule has 2 amide bonds.